The molecule has 0 unspecified atom stereocenters. The molecule has 2 aliphatic rings. The van der Waals surface area contributed by atoms with Crippen LogP contribution in [0.4, 0.5) is 4.79 Å². The summed E-state index contributed by atoms with van der Waals surface area (Å²) < 4.78 is 0. The van der Waals surface area contributed by atoms with Crippen molar-refractivity contribution in [3.8, 4) is 0 Å². The molecule has 0 bridgehead atoms. The summed E-state index contributed by atoms with van der Waals surface area (Å²) in [7, 11) is 0. The van der Waals surface area contributed by atoms with Crippen LogP contribution in [0.1, 0.15) is 44.9 Å². The molecule has 4 heteroatoms. The van der Waals surface area contributed by atoms with Crippen LogP contribution in [0, 0.1) is 5.92 Å². The Bertz CT molecular complexity index is 233. The topological polar surface area (TPSA) is 53.2 Å². The summed E-state index contributed by atoms with van der Waals surface area (Å²) in [6.45, 7) is 3.02. The standard InChI is InChI=1S/C13H25N3O/c17-13(16-12-4-2-1-3-5-12)15-10-11-6-8-14-9-7-11/h11-12,14H,1-10H2,(H2,15,16,17). The van der Waals surface area contributed by atoms with E-state index in [1.54, 1.807) is 0 Å². The fourth-order valence-corrected chi connectivity index (χ4v) is 2.81. The molecule has 17 heavy (non-hydrogen) atoms. The van der Waals surface area contributed by atoms with Crippen molar-refractivity contribution in [2.75, 3.05) is 19.6 Å². The van der Waals surface area contributed by atoms with Crippen LogP contribution in [0.25, 0.3) is 0 Å². The number of nitrogens with one attached hydrogen (secondary N) is 3. The Kier molecular flexibility index (Phi) is 5.10. The zero-order valence-electron chi connectivity index (χ0n) is 10.6. The third-order valence-electron chi connectivity index (χ3n) is 3.95. The Balaban J connectivity index is 1.59. The van der Waals surface area contributed by atoms with Gasteiger partial charge < -0.3 is 16.0 Å². The average Bonchev–Trinajstić information content (AvgIpc) is 2.39. The fraction of sp³-hybridized carbons (Fsp3) is 0.923. The Labute approximate surface area is 104 Å². The van der Waals surface area contributed by atoms with E-state index in [1.807, 2.05) is 0 Å². The van der Waals surface area contributed by atoms with Crippen molar-refractivity contribution in [1.29, 1.82) is 0 Å². The smallest absolute Gasteiger partial charge is 0.315 e. The first-order valence-corrected chi connectivity index (χ1v) is 7.09. The fourth-order valence-electron chi connectivity index (χ4n) is 2.81. The summed E-state index contributed by atoms with van der Waals surface area (Å²) in [4.78, 5) is 11.7. The third-order valence-corrected chi connectivity index (χ3v) is 3.95. The summed E-state index contributed by atoms with van der Waals surface area (Å²) in [6.07, 6.45) is 8.53. The van der Waals surface area contributed by atoms with Crippen molar-refractivity contribution >= 4 is 6.03 Å². The Morgan fingerprint density at radius 1 is 1.06 bits per heavy atom. The monoisotopic (exact) mass is 239 g/mol. The minimum absolute atomic E-state index is 0.0374. The molecule has 2 amide bonds. The van der Waals surface area contributed by atoms with Crippen molar-refractivity contribution in [1.82, 2.24) is 16.0 Å². The number of carbonyl (C=O) groups excluding carboxylic acids is 1. The SMILES string of the molecule is O=C(NCC1CCNCC1)NC1CCCCC1. The van der Waals surface area contributed by atoms with Gasteiger partial charge in [0.15, 0.2) is 0 Å². The molecule has 1 aliphatic carbocycles. The number of urea groups is 1. The molecule has 0 spiro atoms. The van der Waals surface area contributed by atoms with Crippen LogP contribution in [0.2, 0.25) is 0 Å². The Morgan fingerprint density at radius 3 is 2.47 bits per heavy atom. The van der Waals surface area contributed by atoms with Gasteiger partial charge in [0.1, 0.15) is 0 Å². The van der Waals surface area contributed by atoms with E-state index in [0.717, 1.165) is 32.5 Å². The van der Waals surface area contributed by atoms with Crippen molar-refractivity contribution in [3.63, 3.8) is 0 Å². The van der Waals surface area contributed by atoms with Gasteiger partial charge >= 0.3 is 6.03 Å². The van der Waals surface area contributed by atoms with E-state index in [2.05, 4.69) is 16.0 Å². The molecule has 0 radical (unpaired) electrons. The van der Waals surface area contributed by atoms with Crippen molar-refractivity contribution in [2.45, 2.75) is 51.0 Å². The summed E-state index contributed by atoms with van der Waals surface area (Å²) >= 11 is 0. The van der Waals surface area contributed by atoms with Gasteiger partial charge in [0.2, 0.25) is 0 Å². The summed E-state index contributed by atoms with van der Waals surface area (Å²) in [6, 6.07) is 0.451. The number of carbonyl (C=O) groups is 1. The van der Waals surface area contributed by atoms with Gasteiger partial charge in [0.05, 0.1) is 0 Å². The number of piperidine rings is 1. The minimum Gasteiger partial charge on any atom is -0.338 e. The van der Waals surface area contributed by atoms with Gasteiger partial charge in [-0.1, -0.05) is 19.3 Å². The molecule has 0 aromatic carbocycles. The lowest BCUT2D eigenvalue weighted by Gasteiger charge is -2.25. The summed E-state index contributed by atoms with van der Waals surface area (Å²) in [5, 5.41) is 9.45. The number of hydrogen-bond donors (Lipinski definition) is 3. The van der Waals surface area contributed by atoms with E-state index < -0.39 is 0 Å². The van der Waals surface area contributed by atoms with Crippen LogP contribution >= 0.6 is 0 Å². The van der Waals surface area contributed by atoms with Gasteiger partial charge in [0.25, 0.3) is 0 Å². The van der Waals surface area contributed by atoms with Gasteiger partial charge in [-0.05, 0) is 44.7 Å². The molecule has 0 aromatic rings. The largest absolute Gasteiger partial charge is 0.338 e. The van der Waals surface area contributed by atoms with Crippen LogP contribution in [0.15, 0.2) is 0 Å². The molecule has 3 N–H and O–H groups in total. The van der Waals surface area contributed by atoms with E-state index in [4.69, 9.17) is 0 Å². The lowest BCUT2D eigenvalue weighted by molar-refractivity contribution is 0.229. The number of rotatable bonds is 3. The second kappa shape index (κ2) is 6.84. The maximum Gasteiger partial charge on any atom is 0.315 e. The molecule has 0 atom stereocenters. The maximum atomic E-state index is 11.7. The van der Waals surface area contributed by atoms with Gasteiger partial charge in [-0.25, -0.2) is 4.79 Å². The summed E-state index contributed by atoms with van der Waals surface area (Å²) in [5.41, 5.74) is 0. The molecular weight excluding hydrogens is 214 g/mol. The molecule has 1 saturated heterocycles. The molecule has 1 heterocycles. The zero-order chi connectivity index (χ0) is 11.9. The van der Waals surface area contributed by atoms with Crippen LogP contribution in [0.3, 0.4) is 0 Å². The summed E-state index contributed by atoms with van der Waals surface area (Å²) in [5.74, 6) is 0.661. The molecule has 0 aromatic heterocycles. The first-order valence-electron chi connectivity index (χ1n) is 7.09. The zero-order valence-corrected chi connectivity index (χ0v) is 10.6. The quantitative estimate of drug-likeness (QED) is 0.701. The first kappa shape index (κ1) is 12.7. The predicted molar refractivity (Wildman–Crippen MR) is 69.0 cm³/mol. The van der Waals surface area contributed by atoms with Crippen molar-refractivity contribution in [3.05, 3.63) is 0 Å². The van der Waals surface area contributed by atoms with Crippen molar-refractivity contribution in [2.24, 2.45) is 5.92 Å². The van der Waals surface area contributed by atoms with Crippen LogP contribution in [-0.4, -0.2) is 31.7 Å². The third kappa shape index (κ3) is 4.54. The highest BCUT2D eigenvalue weighted by Crippen LogP contribution is 2.17. The van der Waals surface area contributed by atoms with Crippen LogP contribution < -0.4 is 16.0 Å². The highest BCUT2D eigenvalue weighted by molar-refractivity contribution is 5.74. The predicted octanol–water partition coefficient (Wildman–Crippen LogP) is 1.62. The van der Waals surface area contributed by atoms with E-state index in [1.165, 1.54) is 32.1 Å². The minimum atomic E-state index is 0.0374. The molecule has 2 fully saturated rings. The molecule has 2 rings (SSSR count). The van der Waals surface area contributed by atoms with Crippen LogP contribution in [-0.2, 0) is 0 Å². The highest BCUT2D eigenvalue weighted by Gasteiger charge is 2.17. The molecule has 1 saturated carbocycles. The Morgan fingerprint density at radius 2 is 1.76 bits per heavy atom. The van der Waals surface area contributed by atoms with E-state index in [9.17, 15) is 4.79 Å². The van der Waals surface area contributed by atoms with Crippen LogP contribution in [0.5, 0.6) is 0 Å². The van der Waals surface area contributed by atoms with Gasteiger partial charge in [-0.3, -0.25) is 0 Å². The highest BCUT2D eigenvalue weighted by atomic mass is 16.2. The number of hydrogen-bond acceptors (Lipinski definition) is 2. The lowest BCUT2D eigenvalue weighted by Crippen LogP contribution is -2.45. The second-order valence-corrected chi connectivity index (χ2v) is 5.38. The lowest BCUT2D eigenvalue weighted by atomic mass is 9.96. The van der Waals surface area contributed by atoms with E-state index in [-0.39, 0.29) is 6.03 Å². The molecule has 4 nitrogen and oxygen atoms in total. The van der Waals surface area contributed by atoms with Gasteiger partial charge in [-0.2, -0.15) is 0 Å². The maximum absolute atomic E-state index is 11.7. The van der Waals surface area contributed by atoms with E-state index >= 15 is 0 Å². The van der Waals surface area contributed by atoms with Crippen molar-refractivity contribution < 1.29 is 4.79 Å². The first-order chi connectivity index (χ1) is 8.34. The van der Waals surface area contributed by atoms with E-state index in [0.29, 0.717) is 12.0 Å². The molecule has 1 aliphatic heterocycles. The van der Waals surface area contributed by atoms with Gasteiger partial charge in [-0.15, -0.1) is 0 Å². The molecular formula is C13H25N3O. The normalized spacial score (nSPS) is 23.3. The second-order valence-electron chi connectivity index (χ2n) is 5.38. The average molecular weight is 239 g/mol. The Hall–Kier alpha value is -0.770. The molecule has 98 valence electrons. The van der Waals surface area contributed by atoms with Gasteiger partial charge in [0, 0.05) is 12.6 Å². The number of amides is 2.